The number of nitrogens with one attached hydrogen (secondary N) is 1. The molecule has 2 aromatic heterocycles. The van der Waals surface area contributed by atoms with Gasteiger partial charge >= 0.3 is 0 Å². The average molecular weight is 407 g/mol. The Balaban J connectivity index is 1.60. The number of aryl methyl sites for hydroxylation is 1. The smallest absolute Gasteiger partial charge is 0.230 e. The lowest BCUT2D eigenvalue weighted by Gasteiger charge is -2.50. The van der Waals surface area contributed by atoms with E-state index in [0.29, 0.717) is 19.6 Å². The lowest BCUT2D eigenvalue weighted by molar-refractivity contribution is -0.132. The van der Waals surface area contributed by atoms with E-state index in [1.807, 2.05) is 49.8 Å². The van der Waals surface area contributed by atoms with E-state index in [1.54, 1.807) is 6.20 Å². The molecule has 4 rings (SSSR count). The summed E-state index contributed by atoms with van der Waals surface area (Å²) in [6, 6.07) is 12.2. The van der Waals surface area contributed by atoms with Gasteiger partial charge in [-0.1, -0.05) is 30.3 Å². The molecular formula is C23H30N6O. The highest BCUT2D eigenvalue weighted by Crippen LogP contribution is 2.39. The highest BCUT2D eigenvalue weighted by molar-refractivity contribution is 5.86. The number of nitrogens with zero attached hydrogens (tertiary/aromatic N) is 5. The minimum Gasteiger partial charge on any atom is -0.354 e. The fourth-order valence-electron chi connectivity index (χ4n) is 4.23. The van der Waals surface area contributed by atoms with E-state index in [1.165, 1.54) is 5.56 Å². The van der Waals surface area contributed by atoms with Gasteiger partial charge in [0.2, 0.25) is 5.91 Å². The lowest BCUT2D eigenvalue weighted by atomic mass is 9.73. The van der Waals surface area contributed by atoms with Gasteiger partial charge in [0.1, 0.15) is 5.82 Å². The molecule has 1 aromatic carbocycles. The number of amides is 1. The van der Waals surface area contributed by atoms with E-state index < -0.39 is 5.41 Å². The molecule has 0 bridgehead atoms. The van der Waals surface area contributed by atoms with Crippen LogP contribution in [0, 0.1) is 19.3 Å². The van der Waals surface area contributed by atoms with E-state index in [-0.39, 0.29) is 5.91 Å². The highest BCUT2D eigenvalue weighted by atomic mass is 16.2. The van der Waals surface area contributed by atoms with Crippen LogP contribution in [0.5, 0.6) is 0 Å². The van der Waals surface area contributed by atoms with E-state index in [4.69, 9.17) is 0 Å². The topological polar surface area (TPSA) is 65.8 Å². The fourth-order valence-corrected chi connectivity index (χ4v) is 4.23. The molecule has 0 aliphatic carbocycles. The van der Waals surface area contributed by atoms with Crippen LogP contribution in [0.25, 0.3) is 5.65 Å². The second-order valence-electron chi connectivity index (χ2n) is 8.60. The van der Waals surface area contributed by atoms with Crippen molar-refractivity contribution < 1.29 is 4.79 Å². The fraction of sp³-hybridized carbons (Fsp3) is 0.435. The number of benzene rings is 1. The number of aromatic nitrogens is 3. The molecule has 0 atom stereocenters. The van der Waals surface area contributed by atoms with Crippen LogP contribution in [0.15, 0.2) is 42.6 Å². The first-order chi connectivity index (χ1) is 14.4. The summed E-state index contributed by atoms with van der Waals surface area (Å²) < 4.78 is 1.89. The maximum atomic E-state index is 13.3. The molecule has 1 fully saturated rings. The maximum Gasteiger partial charge on any atom is 0.230 e. The Morgan fingerprint density at radius 3 is 2.60 bits per heavy atom. The largest absolute Gasteiger partial charge is 0.354 e. The van der Waals surface area contributed by atoms with E-state index >= 15 is 0 Å². The predicted octanol–water partition coefficient (Wildman–Crippen LogP) is 2.07. The molecular weight excluding hydrogens is 376 g/mol. The number of rotatable bonds is 7. The van der Waals surface area contributed by atoms with Crippen molar-refractivity contribution in [3.63, 3.8) is 0 Å². The minimum absolute atomic E-state index is 0.129. The number of anilines is 1. The molecule has 158 valence electrons. The Labute approximate surface area is 177 Å². The molecule has 3 aromatic rings. The molecule has 0 saturated carbocycles. The van der Waals surface area contributed by atoms with Crippen LogP contribution < -0.4 is 10.2 Å². The first-order valence-electron chi connectivity index (χ1n) is 10.4. The summed E-state index contributed by atoms with van der Waals surface area (Å²) in [6.45, 7) is 6.90. The van der Waals surface area contributed by atoms with Crippen LogP contribution in [0.4, 0.5) is 5.82 Å². The lowest BCUT2D eigenvalue weighted by Crippen LogP contribution is -2.65. The van der Waals surface area contributed by atoms with Crippen molar-refractivity contribution in [2.45, 2.75) is 20.3 Å². The van der Waals surface area contributed by atoms with Crippen molar-refractivity contribution in [2.24, 2.45) is 5.41 Å². The molecule has 1 aliphatic rings. The van der Waals surface area contributed by atoms with Crippen molar-refractivity contribution in [3.05, 3.63) is 59.4 Å². The Hall–Kier alpha value is -2.93. The van der Waals surface area contributed by atoms with Crippen LogP contribution >= 0.6 is 0 Å². The van der Waals surface area contributed by atoms with E-state index in [0.717, 1.165) is 35.7 Å². The summed E-state index contributed by atoms with van der Waals surface area (Å²) in [4.78, 5) is 22.2. The minimum atomic E-state index is -0.448. The van der Waals surface area contributed by atoms with Crippen LogP contribution in [0.3, 0.4) is 0 Å². The van der Waals surface area contributed by atoms with Gasteiger partial charge in [0.15, 0.2) is 5.65 Å². The van der Waals surface area contributed by atoms with E-state index in [9.17, 15) is 4.79 Å². The summed E-state index contributed by atoms with van der Waals surface area (Å²) in [5.74, 6) is 1.16. The molecule has 7 heteroatoms. The van der Waals surface area contributed by atoms with Crippen molar-refractivity contribution >= 4 is 17.4 Å². The van der Waals surface area contributed by atoms with Crippen LogP contribution in [-0.2, 0) is 11.2 Å². The Kier molecular flexibility index (Phi) is 5.47. The zero-order chi connectivity index (χ0) is 21.3. The number of fused-ring (bicyclic) bond motifs is 1. The first-order valence-corrected chi connectivity index (χ1v) is 10.4. The third kappa shape index (κ3) is 3.77. The molecule has 0 spiro atoms. The van der Waals surface area contributed by atoms with Crippen molar-refractivity contribution in [1.29, 1.82) is 0 Å². The average Bonchev–Trinajstić information content (AvgIpc) is 3.14. The Morgan fingerprint density at radius 1 is 1.17 bits per heavy atom. The van der Waals surface area contributed by atoms with Gasteiger partial charge in [-0.2, -0.15) is 9.61 Å². The third-order valence-electron chi connectivity index (χ3n) is 5.98. The second-order valence-corrected chi connectivity index (χ2v) is 8.60. The van der Waals surface area contributed by atoms with Gasteiger partial charge < -0.3 is 15.1 Å². The van der Waals surface area contributed by atoms with Crippen molar-refractivity contribution in [2.75, 3.05) is 45.2 Å². The second kappa shape index (κ2) is 8.07. The van der Waals surface area contributed by atoms with E-state index in [2.05, 4.69) is 44.3 Å². The summed E-state index contributed by atoms with van der Waals surface area (Å²) in [5.41, 5.74) is 3.67. The van der Waals surface area contributed by atoms with Crippen LogP contribution in [0.1, 0.15) is 16.8 Å². The zero-order valence-corrected chi connectivity index (χ0v) is 18.2. The van der Waals surface area contributed by atoms with Gasteiger partial charge in [0, 0.05) is 43.5 Å². The first kappa shape index (κ1) is 20.3. The summed E-state index contributed by atoms with van der Waals surface area (Å²) in [5, 5.41) is 7.64. The summed E-state index contributed by atoms with van der Waals surface area (Å²) >= 11 is 0. The standard InChI is InChI=1S/C23H30N6O/c1-17-18(2)26-20-10-11-25-29(20)21(17)28-15-23(16-28,14-19-8-6-5-7-9-19)22(30)24-12-13-27(3)4/h5-11H,12-16H2,1-4H3,(H,24,30). The zero-order valence-electron chi connectivity index (χ0n) is 18.2. The van der Waals surface area contributed by atoms with Gasteiger partial charge in [-0.15, -0.1) is 0 Å². The van der Waals surface area contributed by atoms with Gasteiger partial charge in [0.05, 0.1) is 11.6 Å². The molecule has 0 unspecified atom stereocenters. The van der Waals surface area contributed by atoms with Gasteiger partial charge in [0.25, 0.3) is 0 Å². The number of hydrogen-bond donors (Lipinski definition) is 1. The third-order valence-corrected chi connectivity index (χ3v) is 5.98. The Bertz CT molecular complexity index is 1040. The molecule has 1 amide bonds. The molecule has 30 heavy (non-hydrogen) atoms. The molecule has 0 radical (unpaired) electrons. The van der Waals surface area contributed by atoms with Crippen molar-refractivity contribution in [1.82, 2.24) is 24.8 Å². The van der Waals surface area contributed by atoms with Crippen LogP contribution in [0.2, 0.25) is 0 Å². The summed E-state index contributed by atoms with van der Waals surface area (Å²) in [6.07, 6.45) is 2.50. The maximum absolute atomic E-state index is 13.3. The molecule has 1 aliphatic heterocycles. The number of carbonyl (C=O) groups excluding carboxylic acids is 1. The van der Waals surface area contributed by atoms with Gasteiger partial charge in [-0.05, 0) is 39.9 Å². The normalized spacial score (nSPS) is 15.4. The highest BCUT2D eigenvalue weighted by Gasteiger charge is 2.50. The SMILES string of the molecule is Cc1nc2ccnn2c(N2CC(Cc3ccccc3)(C(=O)NCCN(C)C)C2)c1C. The molecule has 7 nitrogen and oxygen atoms in total. The number of carbonyl (C=O) groups is 1. The number of likely N-dealkylation sites (N-methyl/N-ethyl adjacent to an activating group) is 1. The predicted molar refractivity (Wildman–Crippen MR) is 119 cm³/mol. The van der Waals surface area contributed by atoms with Gasteiger partial charge in [-0.25, -0.2) is 4.98 Å². The van der Waals surface area contributed by atoms with Crippen molar-refractivity contribution in [3.8, 4) is 0 Å². The number of hydrogen-bond acceptors (Lipinski definition) is 5. The summed E-state index contributed by atoms with van der Waals surface area (Å²) in [7, 11) is 4.03. The van der Waals surface area contributed by atoms with Crippen LogP contribution in [-0.4, -0.2) is 65.7 Å². The monoisotopic (exact) mass is 406 g/mol. The van der Waals surface area contributed by atoms with Gasteiger partial charge in [-0.3, -0.25) is 4.79 Å². The molecule has 3 heterocycles. The Morgan fingerprint density at radius 2 is 1.90 bits per heavy atom. The quantitative estimate of drug-likeness (QED) is 0.651. The molecule has 1 N–H and O–H groups in total. The molecule has 1 saturated heterocycles.